The molecule has 0 bridgehead atoms. The largest absolute Gasteiger partial charge is 0.458 e. The van der Waals surface area contributed by atoms with Crippen LogP contribution in [0.25, 0.3) is 0 Å². The van der Waals surface area contributed by atoms with Crippen molar-refractivity contribution in [2.24, 2.45) is 0 Å². The number of hydrogen-bond acceptors (Lipinski definition) is 8. The van der Waals surface area contributed by atoms with Crippen LogP contribution in [0, 0.1) is 0 Å². The van der Waals surface area contributed by atoms with Gasteiger partial charge in [0.1, 0.15) is 12.2 Å². The zero-order valence-corrected chi connectivity index (χ0v) is 47.3. The summed E-state index contributed by atoms with van der Waals surface area (Å²) in [4.78, 5) is 57.3. The van der Waals surface area contributed by atoms with Crippen LogP contribution in [0.4, 0.5) is 0 Å². The van der Waals surface area contributed by atoms with Crippen LogP contribution in [0.2, 0.25) is 0 Å². The minimum absolute atomic E-state index is 0.169. The van der Waals surface area contributed by atoms with E-state index in [2.05, 4.69) is 41.5 Å². The molecule has 0 fully saturated rings. The van der Waals surface area contributed by atoms with E-state index in [1.807, 2.05) is 9.80 Å². The Balaban J connectivity index is 5.42. The summed E-state index contributed by atoms with van der Waals surface area (Å²) in [5, 5.41) is 0. The zero-order chi connectivity index (χ0) is 51.4. The van der Waals surface area contributed by atoms with Gasteiger partial charge in [-0.15, -0.1) is 0 Å². The molecule has 0 heterocycles. The Morgan fingerprint density at radius 3 is 0.886 bits per heavy atom. The van der Waals surface area contributed by atoms with Crippen LogP contribution < -0.4 is 0 Å². The normalized spacial score (nSPS) is 12.3. The molecule has 414 valence electrons. The zero-order valence-electron chi connectivity index (χ0n) is 47.3. The number of nitrogens with zero attached hydrogens (tertiary/aromatic N) is 2. The Hall–Kier alpha value is -2.20. The van der Waals surface area contributed by atoms with Crippen LogP contribution in [0.1, 0.15) is 298 Å². The van der Waals surface area contributed by atoms with Crippen molar-refractivity contribution in [1.29, 1.82) is 0 Å². The summed E-state index contributed by atoms with van der Waals surface area (Å²) in [5.74, 6) is -0.0402. The molecule has 70 heavy (non-hydrogen) atoms. The molecule has 2 unspecified atom stereocenters. The molecule has 0 saturated heterocycles. The molecule has 0 radical (unpaired) electrons. The van der Waals surface area contributed by atoms with Crippen molar-refractivity contribution in [1.82, 2.24) is 9.80 Å². The van der Waals surface area contributed by atoms with E-state index >= 15 is 0 Å². The van der Waals surface area contributed by atoms with E-state index in [9.17, 15) is 19.2 Å². The van der Waals surface area contributed by atoms with E-state index in [-0.39, 0.29) is 37.0 Å². The molecule has 0 aliphatic carbocycles. The minimum atomic E-state index is -0.480. The molecule has 0 aromatic rings. The van der Waals surface area contributed by atoms with E-state index in [0.29, 0.717) is 65.1 Å². The highest BCUT2D eigenvalue weighted by molar-refractivity contribution is 5.77. The van der Waals surface area contributed by atoms with Gasteiger partial charge in [-0.2, -0.15) is 0 Å². The summed E-state index contributed by atoms with van der Waals surface area (Å²) in [6.07, 6.45) is 40.3. The fraction of sp³-hybridized carbons (Fsp3) is 0.933. The third-order valence-electron chi connectivity index (χ3n) is 13.6. The van der Waals surface area contributed by atoms with Crippen molar-refractivity contribution in [3.63, 3.8) is 0 Å². The highest BCUT2D eigenvalue weighted by atomic mass is 16.6. The summed E-state index contributed by atoms with van der Waals surface area (Å²) in [6, 6.07) is 0. The Morgan fingerprint density at radius 1 is 0.314 bits per heavy atom. The van der Waals surface area contributed by atoms with Gasteiger partial charge in [0.25, 0.3) is 0 Å². The van der Waals surface area contributed by atoms with Crippen LogP contribution in [0.3, 0.4) is 0 Å². The molecule has 2 atom stereocenters. The SMILES string of the molecule is CCCCCCCCN(CC(COCCCCCCOCC(CN(CCCCCCCC)C(=O)CCCCCCC)OC(=O)CCCCCCC)OC(=O)CCCCCCC)C(=O)CCCCCCC. The third-order valence-corrected chi connectivity index (χ3v) is 13.6. The van der Waals surface area contributed by atoms with Gasteiger partial charge in [-0.3, -0.25) is 19.2 Å². The van der Waals surface area contributed by atoms with Crippen molar-refractivity contribution in [2.75, 3.05) is 52.6 Å². The number of hydrogen-bond donors (Lipinski definition) is 0. The number of rotatable bonds is 55. The van der Waals surface area contributed by atoms with Gasteiger partial charge in [0.05, 0.1) is 26.3 Å². The first-order chi connectivity index (χ1) is 34.3. The molecule has 0 aliphatic rings. The molecule has 10 nitrogen and oxygen atoms in total. The Morgan fingerprint density at radius 2 is 0.571 bits per heavy atom. The van der Waals surface area contributed by atoms with E-state index in [0.717, 1.165) is 116 Å². The Bertz CT molecular complexity index is 1080. The molecule has 0 saturated carbocycles. The van der Waals surface area contributed by atoms with Crippen molar-refractivity contribution in [3.05, 3.63) is 0 Å². The number of amides is 2. The molecule has 0 aromatic carbocycles. The van der Waals surface area contributed by atoms with Crippen molar-refractivity contribution >= 4 is 23.8 Å². The Labute approximate surface area is 433 Å². The standard InChI is InChI=1S/C60H116N2O8/c1-7-13-19-25-31-39-47-61(57(63)43-35-27-21-15-9-3)51-55(69-59(65)45-37-29-23-17-11-5)53-67-49-41-33-34-42-50-68-54-56(70-60(66)46-38-30-24-18-12-6)52-62(48-40-32-26-20-14-8-2)58(64)44-36-28-22-16-10-4/h55-56H,7-54H2,1-6H3. The van der Waals surface area contributed by atoms with Gasteiger partial charge < -0.3 is 28.7 Å². The molecular weight excluding hydrogens is 877 g/mol. The topological polar surface area (TPSA) is 112 Å². The Kier molecular flexibility index (Phi) is 51.4. The summed E-state index contributed by atoms with van der Waals surface area (Å²) in [5.41, 5.74) is 0. The smallest absolute Gasteiger partial charge is 0.306 e. The summed E-state index contributed by atoms with van der Waals surface area (Å²) >= 11 is 0. The van der Waals surface area contributed by atoms with Crippen molar-refractivity contribution in [2.45, 2.75) is 311 Å². The lowest BCUT2D eigenvalue weighted by atomic mass is 10.1. The van der Waals surface area contributed by atoms with Gasteiger partial charge in [0.15, 0.2) is 0 Å². The highest BCUT2D eigenvalue weighted by Crippen LogP contribution is 2.16. The summed E-state index contributed by atoms with van der Waals surface area (Å²) < 4.78 is 24.6. The molecule has 0 aromatic heterocycles. The number of carbonyl (C=O) groups is 4. The predicted octanol–water partition coefficient (Wildman–Crippen LogP) is 16.2. The van der Waals surface area contributed by atoms with E-state index < -0.39 is 12.2 Å². The maximum absolute atomic E-state index is 13.6. The van der Waals surface area contributed by atoms with Gasteiger partial charge in [0, 0.05) is 52.0 Å². The number of ether oxygens (including phenoxy) is 4. The summed E-state index contributed by atoms with van der Waals surface area (Å²) in [6.45, 7) is 17.2. The van der Waals surface area contributed by atoms with E-state index in [4.69, 9.17) is 18.9 Å². The average molecular weight is 994 g/mol. The second kappa shape index (κ2) is 53.1. The van der Waals surface area contributed by atoms with Gasteiger partial charge in [-0.1, -0.05) is 221 Å². The van der Waals surface area contributed by atoms with Crippen molar-refractivity contribution in [3.8, 4) is 0 Å². The number of esters is 2. The second-order valence-electron chi connectivity index (χ2n) is 20.7. The monoisotopic (exact) mass is 993 g/mol. The van der Waals surface area contributed by atoms with Crippen LogP contribution in [-0.2, 0) is 38.1 Å². The lowest BCUT2D eigenvalue weighted by Gasteiger charge is -2.28. The lowest BCUT2D eigenvalue weighted by Crippen LogP contribution is -2.42. The number of carbonyl (C=O) groups excluding carboxylic acids is 4. The summed E-state index contributed by atoms with van der Waals surface area (Å²) in [7, 11) is 0. The minimum Gasteiger partial charge on any atom is -0.458 e. The van der Waals surface area contributed by atoms with Crippen LogP contribution in [0.15, 0.2) is 0 Å². The fourth-order valence-electron chi connectivity index (χ4n) is 9.04. The molecule has 2 amide bonds. The van der Waals surface area contributed by atoms with Gasteiger partial charge in [-0.25, -0.2) is 0 Å². The third kappa shape index (κ3) is 44.5. The highest BCUT2D eigenvalue weighted by Gasteiger charge is 2.24. The predicted molar refractivity (Wildman–Crippen MR) is 293 cm³/mol. The first kappa shape index (κ1) is 67.8. The molecule has 0 rings (SSSR count). The molecule has 0 N–H and O–H groups in total. The first-order valence-corrected chi connectivity index (χ1v) is 30.4. The maximum Gasteiger partial charge on any atom is 0.306 e. The quantitative estimate of drug-likeness (QED) is 0.0438. The fourth-order valence-corrected chi connectivity index (χ4v) is 9.04. The lowest BCUT2D eigenvalue weighted by molar-refractivity contribution is -0.156. The van der Waals surface area contributed by atoms with Gasteiger partial charge in [0.2, 0.25) is 11.8 Å². The molecule has 0 aliphatic heterocycles. The van der Waals surface area contributed by atoms with Crippen molar-refractivity contribution < 1.29 is 38.1 Å². The maximum atomic E-state index is 13.6. The van der Waals surface area contributed by atoms with Gasteiger partial charge >= 0.3 is 11.9 Å². The molecule has 10 heteroatoms. The first-order valence-electron chi connectivity index (χ1n) is 30.4. The van der Waals surface area contributed by atoms with Crippen LogP contribution in [-0.4, -0.2) is 98.4 Å². The van der Waals surface area contributed by atoms with Crippen LogP contribution in [0.5, 0.6) is 0 Å². The van der Waals surface area contributed by atoms with E-state index in [1.165, 1.54) is 116 Å². The molecule has 0 spiro atoms. The molecular formula is C60H116N2O8. The van der Waals surface area contributed by atoms with Gasteiger partial charge in [-0.05, 0) is 51.4 Å². The van der Waals surface area contributed by atoms with E-state index in [1.54, 1.807) is 0 Å². The van der Waals surface area contributed by atoms with Crippen LogP contribution >= 0.6 is 0 Å². The number of unbranched alkanes of at least 4 members (excludes halogenated alkanes) is 29. The second-order valence-corrected chi connectivity index (χ2v) is 20.7. The average Bonchev–Trinajstić information content (AvgIpc) is 3.35.